The van der Waals surface area contributed by atoms with Gasteiger partial charge in [-0.25, -0.2) is 4.39 Å². The van der Waals surface area contributed by atoms with E-state index < -0.39 is 0 Å². The molecule has 2 aromatic heterocycles. The van der Waals surface area contributed by atoms with Crippen molar-refractivity contribution in [2.24, 2.45) is 0 Å². The second-order valence-electron chi connectivity index (χ2n) is 8.07. The van der Waals surface area contributed by atoms with Crippen molar-refractivity contribution in [2.45, 2.75) is 31.9 Å². The molecule has 1 saturated heterocycles. The van der Waals surface area contributed by atoms with Crippen molar-refractivity contribution in [3.8, 4) is 5.75 Å². The Balaban J connectivity index is 1.23. The third-order valence-electron chi connectivity index (χ3n) is 5.90. The Hall–Kier alpha value is -3.19. The average molecular weight is 438 g/mol. The van der Waals surface area contributed by atoms with Crippen LogP contribution in [0.2, 0.25) is 0 Å². The number of carbonyl (C=O) groups excluding carboxylic acids is 1. The highest BCUT2D eigenvalue weighted by molar-refractivity contribution is 5.91. The number of halogens is 1. The van der Waals surface area contributed by atoms with Crippen LogP contribution < -0.4 is 4.74 Å². The number of benzene rings is 1. The summed E-state index contributed by atoms with van der Waals surface area (Å²) in [5.74, 6) is 0.969. The maximum absolute atomic E-state index is 13.0. The number of furan rings is 1. The van der Waals surface area contributed by atoms with Crippen LogP contribution in [-0.2, 0) is 13.0 Å². The van der Waals surface area contributed by atoms with Gasteiger partial charge in [0, 0.05) is 51.0 Å². The second kappa shape index (κ2) is 10.4. The fraction of sp³-hybridized carbons (Fsp3) is 0.360. The van der Waals surface area contributed by atoms with Crippen LogP contribution >= 0.6 is 0 Å². The average Bonchev–Trinajstić information content (AvgIpc) is 3.31. The molecule has 0 atom stereocenters. The fourth-order valence-corrected chi connectivity index (χ4v) is 3.94. The lowest BCUT2D eigenvalue weighted by molar-refractivity contribution is 0.0609. The lowest BCUT2D eigenvalue weighted by Gasteiger charge is -2.36. The van der Waals surface area contributed by atoms with Crippen molar-refractivity contribution in [1.29, 1.82) is 0 Å². The summed E-state index contributed by atoms with van der Waals surface area (Å²) in [6.07, 6.45) is 4.64. The van der Waals surface area contributed by atoms with E-state index in [-0.39, 0.29) is 24.4 Å². The quantitative estimate of drug-likeness (QED) is 0.529. The van der Waals surface area contributed by atoms with Gasteiger partial charge < -0.3 is 19.0 Å². The molecule has 6 nitrogen and oxygen atoms in total. The van der Waals surface area contributed by atoms with Crippen molar-refractivity contribution in [3.63, 3.8) is 0 Å². The Morgan fingerprint density at radius 2 is 1.94 bits per heavy atom. The molecule has 32 heavy (non-hydrogen) atoms. The normalized spacial score (nSPS) is 14.9. The van der Waals surface area contributed by atoms with Crippen LogP contribution in [0, 0.1) is 5.82 Å². The van der Waals surface area contributed by atoms with E-state index in [1.807, 2.05) is 25.4 Å². The molecule has 1 aliphatic heterocycles. The van der Waals surface area contributed by atoms with Crippen LogP contribution in [0.5, 0.6) is 5.75 Å². The highest BCUT2D eigenvalue weighted by atomic mass is 19.1. The van der Waals surface area contributed by atoms with Crippen molar-refractivity contribution < 1.29 is 18.3 Å². The number of likely N-dealkylation sites (tertiary alicyclic amines) is 1. The third kappa shape index (κ3) is 5.73. The van der Waals surface area contributed by atoms with Gasteiger partial charge in [-0.3, -0.25) is 9.78 Å². The van der Waals surface area contributed by atoms with Gasteiger partial charge in [-0.05, 0) is 61.4 Å². The summed E-state index contributed by atoms with van der Waals surface area (Å²) in [5.41, 5.74) is 1.11. The van der Waals surface area contributed by atoms with Crippen LogP contribution in [0.15, 0.2) is 65.2 Å². The summed E-state index contributed by atoms with van der Waals surface area (Å²) in [6.45, 7) is 3.09. The van der Waals surface area contributed by atoms with E-state index in [1.54, 1.807) is 29.2 Å². The minimum atomic E-state index is -0.315. The van der Waals surface area contributed by atoms with E-state index >= 15 is 0 Å². The predicted molar refractivity (Wildman–Crippen MR) is 119 cm³/mol. The van der Waals surface area contributed by atoms with Gasteiger partial charge in [0.25, 0.3) is 5.91 Å². The number of piperidine rings is 1. The monoisotopic (exact) mass is 437 g/mol. The number of pyridine rings is 1. The van der Waals surface area contributed by atoms with E-state index in [1.165, 1.54) is 12.1 Å². The van der Waals surface area contributed by atoms with Crippen molar-refractivity contribution in [1.82, 2.24) is 14.8 Å². The third-order valence-corrected chi connectivity index (χ3v) is 5.90. The zero-order chi connectivity index (χ0) is 22.3. The minimum absolute atomic E-state index is 0.120. The number of ether oxygens (including phenoxy) is 1. The molecule has 1 aromatic carbocycles. The molecule has 0 bridgehead atoms. The number of carbonyl (C=O) groups is 1. The molecular formula is C25H28FN3O3. The Kier molecular flexibility index (Phi) is 7.17. The predicted octanol–water partition coefficient (Wildman–Crippen LogP) is 4.17. The number of hydrogen-bond donors (Lipinski definition) is 0. The van der Waals surface area contributed by atoms with Crippen LogP contribution in [0.3, 0.4) is 0 Å². The standard InChI is InChI=1S/C25H28FN3O3/c1-28(21-12-16-29(17-13-21)15-11-20-4-2-3-14-27-20)25(30)24-10-9-23(32-24)18-31-22-7-5-19(26)6-8-22/h2-10,14,21H,11-13,15-18H2,1H3. The molecule has 0 unspecified atom stereocenters. The first-order valence-corrected chi connectivity index (χ1v) is 10.9. The highest BCUT2D eigenvalue weighted by Gasteiger charge is 2.27. The lowest BCUT2D eigenvalue weighted by Crippen LogP contribution is -2.46. The Morgan fingerprint density at radius 1 is 1.16 bits per heavy atom. The van der Waals surface area contributed by atoms with Gasteiger partial charge in [0.1, 0.15) is 23.9 Å². The van der Waals surface area contributed by atoms with Crippen LogP contribution in [-0.4, -0.2) is 53.4 Å². The van der Waals surface area contributed by atoms with E-state index in [0.717, 1.165) is 44.6 Å². The molecule has 168 valence electrons. The molecule has 0 spiro atoms. The first-order valence-electron chi connectivity index (χ1n) is 10.9. The van der Waals surface area contributed by atoms with Gasteiger partial charge >= 0.3 is 0 Å². The van der Waals surface area contributed by atoms with Crippen LogP contribution in [0.1, 0.15) is 34.9 Å². The molecule has 0 N–H and O–H groups in total. The molecule has 3 heterocycles. The fourth-order valence-electron chi connectivity index (χ4n) is 3.94. The molecule has 0 radical (unpaired) electrons. The van der Waals surface area contributed by atoms with Gasteiger partial charge in [0.05, 0.1) is 0 Å². The largest absolute Gasteiger partial charge is 0.486 e. The molecular weight excluding hydrogens is 409 g/mol. The van der Waals surface area contributed by atoms with Crippen LogP contribution in [0.4, 0.5) is 4.39 Å². The second-order valence-corrected chi connectivity index (χ2v) is 8.07. The zero-order valence-corrected chi connectivity index (χ0v) is 18.2. The molecule has 7 heteroatoms. The summed E-state index contributed by atoms with van der Waals surface area (Å²) in [5, 5.41) is 0. The van der Waals surface area contributed by atoms with Gasteiger partial charge in [0.2, 0.25) is 0 Å². The van der Waals surface area contributed by atoms with Crippen molar-refractivity contribution >= 4 is 5.91 Å². The van der Waals surface area contributed by atoms with E-state index in [4.69, 9.17) is 9.15 Å². The summed E-state index contributed by atoms with van der Waals surface area (Å²) in [7, 11) is 1.84. The number of hydrogen-bond acceptors (Lipinski definition) is 5. The molecule has 0 saturated carbocycles. The number of aromatic nitrogens is 1. The van der Waals surface area contributed by atoms with E-state index in [2.05, 4.69) is 16.0 Å². The SMILES string of the molecule is CN(C(=O)c1ccc(COc2ccc(F)cc2)o1)C1CCN(CCc2ccccn2)CC1. The maximum atomic E-state index is 13.0. The molecule has 1 fully saturated rings. The first kappa shape index (κ1) is 22.0. The Morgan fingerprint density at radius 3 is 2.66 bits per heavy atom. The smallest absolute Gasteiger partial charge is 0.289 e. The lowest BCUT2D eigenvalue weighted by atomic mass is 10.0. The Bertz CT molecular complexity index is 999. The van der Waals surface area contributed by atoms with Gasteiger partial charge in [-0.15, -0.1) is 0 Å². The number of amides is 1. The Labute approximate surface area is 187 Å². The number of rotatable bonds is 8. The summed E-state index contributed by atoms with van der Waals surface area (Å²) in [4.78, 5) is 21.5. The van der Waals surface area contributed by atoms with E-state index in [0.29, 0.717) is 17.3 Å². The van der Waals surface area contributed by atoms with Gasteiger partial charge in [-0.2, -0.15) is 0 Å². The number of nitrogens with zero attached hydrogens (tertiary/aromatic N) is 3. The van der Waals surface area contributed by atoms with Crippen LogP contribution in [0.25, 0.3) is 0 Å². The summed E-state index contributed by atoms with van der Waals surface area (Å²) < 4.78 is 24.3. The minimum Gasteiger partial charge on any atom is -0.486 e. The highest BCUT2D eigenvalue weighted by Crippen LogP contribution is 2.20. The van der Waals surface area contributed by atoms with Gasteiger partial charge in [0.15, 0.2) is 5.76 Å². The van der Waals surface area contributed by atoms with E-state index in [9.17, 15) is 9.18 Å². The molecule has 0 aliphatic carbocycles. The maximum Gasteiger partial charge on any atom is 0.289 e. The zero-order valence-electron chi connectivity index (χ0n) is 18.2. The van der Waals surface area contributed by atoms with Gasteiger partial charge in [-0.1, -0.05) is 6.07 Å². The van der Waals surface area contributed by atoms with Crippen molar-refractivity contribution in [2.75, 3.05) is 26.7 Å². The molecule has 4 rings (SSSR count). The summed E-state index contributed by atoms with van der Waals surface area (Å²) >= 11 is 0. The topological polar surface area (TPSA) is 58.8 Å². The summed E-state index contributed by atoms with van der Waals surface area (Å²) in [6, 6.07) is 15.4. The first-order chi connectivity index (χ1) is 15.6. The molecule has 1 aliphatic rings. The molecule has 1 amide bonds. The van der Waals surface area contributed by atoms with Crippen molar-refractivity contribution in [3.05, 3.63) is 83.8 Å². The molecule has 3 aromatic rings.